The summed E-state index contributed by atoms with van der Waals surface area (Å²) in [6.07, 6.45) is 0. The van der Waals surface area contributed by atoms with Crippen molar-refractivity contribution in [2.24, 2.45) is 0 Å². The molecule has 1 aromatic rings. The third kappa shape index (κ3) is 3.38. The van der Waals surface area contributed by atoms with Gasteiger partial charge in [-0.05, 0) is 31.7 Å². The fourth-order valence-corrected chi connectivity index (χ4v) is 1.39. The lowest BCUT2D eigenvalue weighted by atomic mass is 10.2. The van der Waals surface area contributed by atoms with Gasteiger partial charge in [-0.1, -0.05) is 17.7 Å². The second-order valence-electron chi connectivity index (χ2n) is 3.80. The van der Waals surface area contributed by atoms with E-state index in [0.717, 1.165) is 12.1 Å². The molecule has 4 heteroatoms. The van der Waals surface area contributed by atoms with E-state index in [-0.39, 0.29) is 12.6 Å². The zero-order valence-electron chi connectivity index (χ0n) is 9.07. The Hall–Kier alpha value is -0.770. The molecule has 1 unspecified atom stereocenters. The predicted octanol–water partition coefficient (Wildman–Crippen LogP) is 1.73. The number of rotatable bonds is 4. The Morgan fingerprint density at radius 3 is 2.73 bits per heavy atom. The highest BCUT2D eigenvalue weighted by Crippen LogP contribution is 2.20. The summed E-state index contributed by atoms with van der Waals surface area (Å²) in [5, 5.41) is 9.57. The van der Waals surface area contributed by atoms with Crippen molar-refractivity contribution >= 4 is 17.3 Å². The minimum absolute atomic E-state index is 0.141. The molecule has 84 valence electrons. The fourth-order valence-electron chi connectivity index (χ4n) is 1.27. The van der Waals surface area contributed by atoms with Crippen molar-refractivity contribution in [3.05, 3.63) is 28.8 Å². The van der Waals surface area contributed by atoms with Crippen molar-refractivity contribution in [1.29, 1.82) is 0 Å². The molecule has 1 aromatic carbocycles. The number of hydrogen-bond donors (Lipinski definition) is 2. The normalized spacial score (nSPS) is 13.1. The molecule has 1 rings (SSSR count). The van der Waals surface area contributed by atoms with E-state index in [2.05, 4.69) is 4.90 Å². The summed E-state index contributed by atoms with van der Waals surface area (Å²) in [4.78, 5) is 2.06. The number of nitrogens with two attached hydrogens (primary N) is 1. The Morgan fingerprint density at radius 2 is 2.20 bits per heavy atom. The van der Waals surface area contributed by atoms with Gasteiger partial charge in [0.15, 0.2) is 0 Å². The lowest BCUT2D eigenvalue weighted by Crippen LogP contribution is -2.31. The highest BCUT2D eigenvalue weighted by atomic mass is 35.5. The number of aliphatic hydroxyl groups is 1. The molecule has 0 aliphatic carbocycles. The molecular weight excluding hydrogens is 212 g/mol. The summed E-state index contributed by atoms with van der Waals surface area (Å²) in [6.45, 7) is 2.88. The largest absolute Gasteiger partial charge is 0.398 e. The maximum absolute atomic E-state index is 8.99. The van der Waals surface area contributed by atoms with Crippen LogP contribution in [0.2, 0.25) is 5.02 Å². The molecule has 0 radical (unpaired) electrons. The van der Waals surface area contributed by atoms with E-state index in [1.807, 2.05) is 26.1 Å². The van der Waals surface area contributed by atoms with Crippen LogP contribution in [-0.2, 0) is 6.54 Å². The first-order valence-corrected chi connectivity index (χ1v) is 5.27. The Kier molecular flexibility index (Phi) is 4.39. The van der Waals surface area contributed by atoms with Crippen LogP contribution in [0.1, 0.15) is 12.5 Å². The molecule has 1 atom stereocenters. The van der Waals surface area contributed by atoms with Gasteiger partial charge in [0.2, 0.25) is 0 Å². The van der Waals surface area contributed by atoms with Crippen molar-refractivity contribution in [3.63, 3.8) is 0 Å². The Bertz CT molecular complexity index is 330. The average Bonchev–Trinajstić information content (AvgIpc) is 2.22. The summed E-state index contributed by atoms with van der Waals surface area (Å²) in [6, 6.07) is 5.74. The first-order valence-electron chi connectivity index (χ1n) is 4.89. The molecule has 3 N–H and O–H groups in total. The van der Waals surface area contributed by atoms with E-state index in [1.165, 1.54) is 0 Å². The lowest BCUT2D eigenvalue weighted by Gasteiger charge is -2.22. The van der Waals surface area contributed by atoms with Crippen LogP contribution in [0.15, 0.2) is 18.2 Å². The third-order valence-corrected chi connectivity index (χ3v) is 2.85. The summed E-state index contributed by atoms with van der Waals surface area (Å²) >= 11 is 5.83. The molecule has 0 heterocycles. The number of hydrogen-bond acceptors (Lipinski definition) is 3. The number of anilines is 1. The number of benzene rings is 1. The van der Waals surface area contributed by atoms with E-state index in [9.17, 15) is 0 Å². The summed E-state index contributed by atoms with van der Waals surface area (Å²) in [5.41, 5.74) is 7.40. The summed E-state index contributed by atoms with van der Waals surface area (Å²) < 4.78 is 0. The van der Waals surface area contributed by atoms with E-state index in [1.54, 1.807) is 6.07 Å². The van der Waals surface area contributed by atoms with Gasteiger partial charge in [0.1, 0.15) is 0 Å². The van der Waals surface area contributed by atoms with Gasteiger partial charge >= 0.3 is 0 Å². The molecule has 0 saturated carbocycles. The molecule has 0 amide bonds. The minimum Gasteiger partial charge on any atom is -0.398 e. The number of halogens is 1. The van der Waals surface area contributed by atoms with Gasteiger partial charge in [0, 0.05) is 12.6 Å². The predicted molar refractivity (Wildman–Crippen MR) is 63.9 cm³/mol. The number of nitrogen functional groups attached to an aromatic ring is 1. The molecule has 0 aromatic heterocycles. The third-order valence-electron chi connectivity index (χ3n) is 2.51. The molecule has 0 bridgehead atoms. The molecule has 0 saturated heterocycles. The van der Waals surface area contributed by atoms with E-state index >= 15 is 0 Å². The molecule has 0 spiro atoms. The number of nitrogens with zero attached hydrogens (tertiary/aromatic N) is 1. The van der Waals surface area contributed by atoms with Gasteiger partial charge in [0.25, 0.3) is 0 Å². The highest BCUT2D eigenvalue weighted by molar-refractivity contribution is 6.33. The Balaban J connectivity index is 2.68. The Labute approximate surface area is 95.5 Å². The molecule has 0 fully saturated rings. The first-order chi connectivity index (χ1) is 7.04. The number of likely N-dealkylation sites (N-methyl/N-ethyl adjacent to an activating group) is 1. The molecule has 3 nitrogen and oxygen atoms in total. The standard InChI is InChI=1S/C11H17ClN2O/c1-8(7-15)14(2)6-9-3-4-10(12)11(13)5-9/h3-5,8,15H,6-7,13H2,1-2H3. The topological polar surface area (TPSA) is 49.5 Å². The van der Waals surface area contributed by atoms with E-state index < -0.39 is 0 Å². The van der Waals surface area contributed by atoms with Gasteiger partial charge in [-0.25, -0.2) is 0 Å². The smallest absolute Gasteiger partial charge is 0.0635 e. The second kappa shape index (κ2) is 5.35. The van der Waals surface area contributed by atoms with Crippen LogP contribution in [-0.4, -0.2) is 29.7 Å². The van der Waals surface area contributed by atoms with Crippen LogP contribution in [0.25, 0.3) is 0 Å². The zero-order chi connectivity index (χ0) is 11.4. The Morgan fingerprint density at radius 1 is 1.53 bits per heavy atom. The van der Waals surface area contributed by atoms with Gasteiger partial charge in [-0.3, -0.25) is 4.90 Å². The van der Waals surface area contributed by atoms with E-state index in [4.69, 9.17) is 22.4 Å². The molecule has 0 aliphatic heterocycles. The van der Waals surface area contributed by atoms with Crippen molar-refractivity contribution in [2.75, 3.05) is 19.4 Å². The summed E-state index contributed by atoms with van der Waals surface area (Å²) in [5.74, 6) is 0. The van der Waals surface area contributed by atoms with Crippen LogP contribution in [0.3, 0.4) is 0 Å². The van der Waals surface area contributed by atoms with Crippen LogP contribution >= 0.6 is 11.6 Å². The minimum atomic E-state index is 0.141. The fraction of sp³-hybridized carbons (Fsp3) is 0.455. The maximum Gasteiger partial charge on any atom is 0.0635 e. The highest BCUT2D eigenvalue weighted by Gasteiger charge is 2.08. The molecular formula is C11H17ClN2O. The van der Waals surface area contributed by atoms with Crippen molar-refractivity contribution in [2.45, 2.75) is 19.5 Å². The monoisotopic (exact) mass is 228 g/mol. The van der Waals surface area contributed by atoms with Gasteiger partial charge in [-0.15, -0.1) is 0 Å². The van der Waals surface area contributed by atoms with Gasteiger partial charge in [-0.2, -0.15) is 0 Å². The molecule has 0 aliphatic rings. The quantitative estimate of drug-likeness (QED) is 0.772. The SMILES string of the molecule is CC(CO)N(C)Cc1ccc(Cl)c(N)c1. The second-order valence-corrected chi connectivity index (χ2v) is 4.21. The van der Waals surface area contributed by atoms with Crippen LogP contribution in [0.5, 0.6) is 0 Å². The zero-order valence-corrected chi connectivity index (χ0v) is 9.83. The van der Waals surface area contributed by atoms with Gasteiger partial charge < -0.3 is 10.8 Å². The van der Waals surface area contributed by atoms with Crippen LogP contribution in [0, 0.1) is 0 Å². The van der Waals surface area contributed by atoms with Crippen molar-refractivity contribution in [1.82, 2.24) is 4.90 Å². The first kappa shape index (κ1) is 12.3. The van der Waals surface area contributed by atoms with E-state index in [0.29, 0.717) is 10.7 Å². The van der Waals surface area contributed by atoms with Crippen LogP contribution < -0.4 is 5.73 Å². The van der Waals surface area contributed by atoms with Crippen LogP contribution in [0.4, 0.5) is 5.69 Å². The van der Waals surface area contributed by atoms with Crippen molar-refractivity contribution in [3.8, 4) is 0 Å². The summed E-state index contributed by atoms with van der Waals surface area (Å²) in [7, 11) is 1.96. The van der Waals surface area contributed by atoms with Gasteiger partial charge in [0.05, 0.1) is 17.3 Å². The lowest BCUT2D eigenvalue weighted by molar-refractivity contribution is 0.154. The van der Waals surface area contributed by atoms with Crippen molar-refractivity contribution < 1.29 is 5.11 Å². The maximum atomic E-state index is 8.99. The number of aliphatic hydroxyl groups excluding tert-OH is 1. The average molecular weight is 229 g/mol. The molecule has 15 heavy (non-hydrogen) atoms.